The van der Waals surface area contributed by atoms with Crippen LogP contribution < -0.4 is 0 Å². The predicted octanol–water partition coefficient (Wildman–Crippen LogP) is 3.38. The van der Waals surface area contributed by atoms with E-state index in [2.05, 4.69) is 20.8 Å². The molecule has 0 saturated carbocycles. The first kappa shape index (κ1) is 11.9. The van der Waals surface area contributed by atoms with Gasteiger partial charge < -0.3 is 10.2 Å². The molecular weight excluding hydrogens is 188 g/mol. The molecule has 1 aromatic rings. The molecule has 0 aliphatic carbocycles. The van der Waals surface area contributed by atoms with Crippen LogP contribution in [0.25, 0.3) is 0 Å². The summed E-state index contributed by atoms with van der Waals surface area (Å²) in [6, 6.07) is 3.38. The average Bonchev–Trinajstić information content (AvgIpc) is 1.99. The molecule has 0 saturated heterocycles. The zero-order chi connectivity index (χ0) is 11.6. The molecule has 0 aromatic heterocycles. The second kappa shape index (κ2) is 4.13. The zero-order valence-electron chi connectivity index (χ0n) is 9.96. The maximum atomic E-state index is 9.71. The van der Waals surface area contributed by atoms with Gasteiger partial charge in [0, 0.05) is 5.56 Å². The summed E-state index contributed by atoms with van der Waals surface area (Å²) in [5.74, 6) is 0.411. The fourth-order valence-corrected chi connectivity index (χ4v) is 1.53. The smallest absolute Gasteiger partial charge is 0.122 e. The molecule has 2 heteroatoms. The lowest BCUT2D eigenvalue weighted by Crippen LogP contribution is -2.06. The minimum absolute atomic E-state index is 0.205. The van der Waals surface area contributed by atoms with Crippen LogP contribution in [-0.4, -0.2) is 10.2 Å². The van der Waals surface area contributed by atoms with Gasteiger partial charge in [0.05, 0.1) is 0 Å². The highest BCUT2D eigenvalue weighted by Crippen LogP contribution is 2.32. The topological polar surface area (TPSA) is 40.5 Å². The number of phenols is 2. The molecule has 0 heterocycles. The van der Waals surface area contributed by atoms with Gasteiger partial charge in [-0.3, -0.25) is 0 Å². The molecule has 0 spiro atoms. The van der Waals surface area contributed by atoms with Crippen molar-refractivity contribution in [3.63, 3.8) is 0 Å². The van der Waals surface area contributed by atoms with Crippen LogP contribution in [0.5, 0.6) is 11.5 Å². The van der Waals surface area contributed by atoms with Gasteiger partial charge in [-0.15, -0.1) is 0 Å². The fraction of sp³-hybridized carbons (Fsp3) is 0.538. The van der Waals surface area contributed by atoms with Crippen molar-refractivity contribution in [1.29, 1.82) is 0 Å². The highest BCUT2D eigenvalue weighted by atomic mass is 16.3. The maximum absolute atomic E-state index is 9.71. The Bertz CT molecular complexity index is 325. The van der Waals surface area contributed by atoms with Gasteiger partial charge in [0.15, 0.2) is 0 Å². The van der Waals surface area contributed by atoms with E-state index in [4.69, 9.17) is 0 Å². The van der Waals surface area contributed by atoms with E-state index in [1.54, 1.807) is 12.1 Å². The SMILES string of the molecule is Cc1cc(O)c(CCC(C)(C)C)c(O)c1. The number of rotatable bonds is 2. The van der Waals surface area contributed by atoms with Gasteiger partial charge in [0.2, 0.25) is 0 Å². The minimum Gasteiger partial charge on any atom is -0.508 e. The second-order valence-corrected chi connectivity index (χ2v) is 5.34. The highest BCUT2D eigenvalue weighted by molar-refractivity contribution is 5.46. The summed E-state index contributed by atoms with van der Waals surface area (Å²) in [4.78, 5) is 0. The summed E-state index contributed by atoms with van der Waals surface area (Å²) < 4.78 is 0. The molecule has 1 aromatic carbocycles. The summed E-state index contributed by atoms with van der Waals surface area (Å²) in [7, 11) is 0. The van der Waals surface area contributed by atoms with Crippen LogP contribution in [0.3, 0.4) is 0 Å². The average molecular weight is 208 g/mol. The number of aryl methyl sites for hydroxylation is 1. The summed E-state index contributed by atoms with van der Waals surface area (Å²) >= 11 is 0. The lowest BCUT2D eigenvalue weighted by molar-refractivity contribution is 0.367. The normalized spacial score (nSPS) is 11.7. The summed E-state index contributed by atoms with van der Waals surface area (Å²) in [5, 5.41) is 19.4. The molecule has 84 valence electrons. The molecule has 2 N–H and O–H groups in total. The van der Waals surface area contributed by atoms with Gasteiger partial charge >= 0.3 is 0 Å². The van der Waals surface area contributed by atoms with Gasteiger partial charge in [0.1, 0.15) is 11.5 Å². The molecule has 0 unspecified atom stereocenters. The molecular formula is C13H20O2. The standard InChI is InChI=1S/C13H20O2/c1-9-7-11(14)10(12(15)8-9)5-6-13(2,3)4/h7-8,14-15H,5-6H2,1-4H3. The van der Waals surface area contributed by atoms with Crippen LogP contribution in [0.15, 0.2) is 12.1 Å². The summed E-state index contributed by atoms with van der Waals surface area (Å²) in [6.45, 7) is 8.30. The lowest BCUT2D eigenvalue weighted by Gasteiger charge is -2.18. The first-order chi connectivity index (χ1) is 6.79. The third-order valence-corrected chi connectivity index (χ3v) is 2.47. The maximum Gasteiger partial charge on any atom is 0.122 e. The fourth-order valence-electron chi connectivity index (χ4n) is 1.53. The van der Waals surface area contributed by atoms with Crippen LogP contribution in [0.1, 0.15) is 38.3 Å². The predicted molar refractivity (Wildman–Crippen MR) is 62.3 cm³/mol. The molecule has 0 amide bonds. The van der Waals surface area contributed by atoms with Crippen molar-refractivity contribution < 1.29 is 10.2 Å². The summed E-state index contributed by atoms with van der Waals surface area (Å²) in [5.41, 5.74) is 1.75. The van der Waals surface area contributed by atoms with E-state index in [0.29, 0.717) is 12.0 Å². The van der Waals surface area contributed by atoms with Crippen molar-refractivity contribution in [3.05, 3.63) is 23.3 Å². The van der Waals surface area contributed by atoms with Crippen LogP contribution >= 0.6 is 0 Å². The molecule has 1 rings (SSSR count). The number of hydrogen-bond donors (Lipinski definition) is 2. The second-order valence-electron chi connectivity index (χ2n) is 5.34. The number of benzene rings is 1. The van der Waals surface area contributed by atoms with Gasteiger partial charge in [-0.2, -0.15) is 0 Å². The molecule has 0 aliphatic rings. The monoisotopic (exact) mass is 208 g/mol. The Morgan fingerprint density at radius 1 is 1.07 bits per heavy atom. The van der Waals surface area contributed by atoms with Gasteiger partial charge in [-0.05, 0) is 42.9 Å². The van der Waals surface area contributed by atoms with E-state index in [9.17, 15) is 10.2 Å². The van der Waals surface area contributed by atoms with E-state index >= 15 is 0 Å². The zero-order valence-corrected chi connectivity index (χ0v) is 9.96. The Morgan fingerprint density at radius 2 is 1.53 bits per heavy atom. The van der Waals surface area contributed by atoms with Gasteiger partial charge in [-0.25, -0.2) is 0 Å². The Morgan fingerprint density at radius 3 is 1.93 bits per heavy atom. The van der Waals surface area contributed by atoms with Crippen LogP contribution in [0.4, 0.5) is 0 Å². The van der Waals surface area contributed by atoms with Crippen LogP contribution in [0.2, 0.25) is 0 Å². The van der Waals surface area contributed by atoms with E-state index in [1.165, 1.54) is 0 Å². The third-order valence-electron chi connectivity index (χ3n) is 2.47. The van der Waals surface area contributed by atoms with E-state index < -0.39 is 0 Å². The number of aromatic hydroxyl groups is 2. The van der Waals surface area contributed by atoms with Gasteiger partial charge in [-0.1, -0.05) is 20.8 Å². The Hall–Kier alpha value is -1.18. The van der Waals surface area contributed by atoms with Crippen molar-refractivity contribution in [2.24, 2.45) is 5.41 Å². The quantitative estimate of drug-likeness (QED) is 0.782. The van der Waals surface area contributed by atoms with Crippen molar-refractivity contribution in [2.75, 3.05) is 0 Å². The molecule has 0 radical (unpaired) electrons. The number of phenolic OH excluding ortho intramolecular Hbond substituents is 2. The minimum atomic E-state index is 0.205. The van der Waals surface area contributed by atoms with Crippen molar-refractivity contribution >= 4 is 0 Å². The van der Waals surface area contributed by atoms with Crippen molar-refractivity contribution in [2.45, 2.75) is 40.5 Å². The number of hydrogen-bond acceptors (Lipinski definition) is 2. The molecule has 0 atom stereocenters. The van der Waals surface area contributed by atoms with E-state index in [0.717, 1.165) is 12.0 Å². The van der Waals surface area contributed by atoms with Crippen molar-refractivity contribution in [1.82, 2.24) is 0 Å². The van der Waals surface area contributed by atoms with Crippen molar-refractivity contribution in [3.8, 4) is 11.5 Å². The highest BCUT2D eigenvalue weighted by Gasteiger charge is 2.14. The lowest BCUT2D eigenvalue weighted by atomic mass is 9.88. The van der Waals surface area contributed by atoms with E-state index in [-0.39, 0.29) is 16.9 Å². The van der Waals surface area contributed by atoms with Crippen LogP contribution in [-0.2, 0) is 6.42 Å². The van der Waals surface area contributed by atoms with Crippen LogP contribution in [0, 0.1) is 12.3 Å². The first-order valence-corrected chi connectivity index (χ1v) is 5.31. The first-order valence-electron chi connectivity index (χ1n) is 5.31. The Kier molecular flexibility index (Phi) is 3.28. The van der Waals surface area contributed by atoms with Gasteiger partial charge in [0.25, 0.3) is 0 Å². The molecule has 0 fully saturated rings. The molecule has 15 heavy (non-hydrogen) atoms. The molecule has 0 aliphatic heterocycles. The third kappa shape index (κ3) is 3.46. The molecule has 2 nitrogen and oxygen atoms in total. The Labute approximate surface area is 91.6 Å². The largest absolute Gasteiger partial charge is 0.508 e. The molecule has 0 bridgehead atoms. The van der Waals surface area contributed by atoms with E-state index in [1.807, 2.05) is 6.92 Å². The Balaban J connectivity index is 2.86. The summed E-state index contributed by atoms with van der Waals surface area (Å²) in [6.07, 6.45) is 1.65.